The molecule has 0 atom stereocenters. The van der Waals surface area contributed by atoms with Crippen LogP contribution in [0.1, 0.15) is 26.3 Å². The van der Waals surface area contributed by atoms with Gasteiger partial charge in [0, 0.05) is 16.8 Å². The van der Waals surface area contributed by atoms with Gasteiger partial charge in [-0.2, -0.15) is 0 Å². The quantitative estimate of drug-likeness (QED) is 0.724. The Morgan fingerprint density at radius 3 is 2.60 bits per heavy atom. The van der Waals surface area contributed by atoms with Crippen molar-refractivity contribution < 1.29 is 0 Å². The molecule has 78 valence electrons. The molecular weight excluding hydrogens is 182 g/mol. The third-order valence-electron chi connectivity index (χ3n) is 3.00. The monoisotopic (exact) mass is 199 g/mol. The van der Waals surface area contributed by atoms with Crippen molar-refractivity contribution in [3.63, 3.8) is 0 Å². The molecule has 1 nitrogen and oxygen atoms in total. The summed E-state index contributed by atoms with van der Waals surface area (Å²) in [6.45, 7) is 6.54. The van der Waals surface area contributed by atoms with Crippen molar-refractivity contribution in [1.29, 1.82) is 0 Å². The molecule has 0 radical (unpaired) electrons. The first-order chi connectivity index (χ1) is 7.16. The summed E-state index contributed by atoms with van der Waals surface area (Å²) in [6, 6.07) is 8.49. The summed E-state index contributed by atoms with van der Waals surface area (Å²) in [7, 11) is 0. The molecule has 0 fully saturated rings. The number of para-hydroxylation sites is 1. The molecule has 0 spiro atoms. The van der Waals surface area contributed by atoms with Crippen LogP contribution in [-0.2, 0) is 5.41 Å². The summed E-state index contributed by atoms with van der Waals surface area (Å²) in [6.07, 6.45) is 6.28. The SMILES string of the molecule is C/C=C/C=C1/Nc2ccccc2C1(C)C. The number of nitrogens with one attached hydrogen (secondary N) is 1. The van der Waals surface area contributed by atoms with Crippen LogP contribution in [0.3, 0.4) is 0 Å². The van der Waals surface area contributed by atoms with Gasteiger partial charge in [-0.1, -0.05) is 44.2 Å². The zero-order valence-electron chi connectivity index (χ0n) is 9.54. The molecule has 1 aliphatic rings. The first-order valence-corrected chi connectivity index (χ1v) is 5.36. The predicted octanol–water partition coefficient (Wildman–Crippen LogP) is 3.85. The summed E-state index contributed by atoms with van der Waals surface area (Å²) in [4.78, 5) is 0. The number of benzene rings is 1. The molecule has 0 bridgehead atoms. The van der Waals surface area contributed by atoms with E-state index in [1.807, 2.05) is 13.0 Å². The maximum atomic E-state index is 3.47. The van der Waals surface area contributed by atoms with Crippen LogP contribution in [0.25, 0.3) is 0 Å². The van der Waals surface area contributed by atoms with Crippen molar-refractivity contribution in [1.82, 2.24) is 0 Å². The highest BCUT2D eigenvalue weighted by Gasteiger charge is 2.33. The molecule has 1 N–H and O–H groups in total. The lowest BCUT2D eigenvalue weighted by molar-refractivity contribution is 0.654. The maximum absolute atomic E-state index is 3.47. The second kappa shape index (κ2) is 3.58. The van der Waals surface area contributed by atoms with Gasteiger partial charge in [0.1, 0.15) is 0 Å². The number of hydrogen-bond acceptors (Lipinski definition) is 1. The minimum absolute atomic E-state index is 0.0934. The summed E-state index contributed by atoms with van der Waals surface area (Å²) in [5, 5.41) is 3.47. The maximum Gasteiger partial charge on any atom is 0.0424 e. The third-order valence-corrected chi connectivity index (χ3v) is 3.00. The van der Waals surface area contributed by atoms with Crippen molar-refractivity contribution in [2.75, 3.05) is 5.32 Å². The van der Waals surface area contributed by atoms with E-state index in [-0.39, 0.29) is 5.41 Å². The summed E-state index contributed by atoms with van der Waals surface area (Å²) in [5.41, 5.74) is 3.97. The molecule has 1 aromatic rings. The molecule has 1 heterocycles. The van der Waals surface area contributed by atoms with Crippen LogP contribution in [0.2, 0.25) is 0 Å². The Morgan fingerprint density at radius 2 is 1.93 bits per heavy atom. The second-order valence-electron chi connectivity index (χ2n) is 4.40. The molecule has 2 rings (SSSR count). The largest absolute Gasteiger partial charge is 0.358 e. The van der Waals surface area contributed by atoms with Crippen LogP contribution in [-0.4, -0.2) is 0 Å². The van der Waals surface area contributed by atoms with Crippen molar-refractivity contribution in [3.05, 3.63) is 53.8 Å². The van der Waals surface area contributed by atoms with Crippen molar-refractivity contribution in [2.45, 2.75) is 26.2 Å². The van der Waals surface area contributed by atoms with Gasteiger partial charge in [-0.25, -0.2) is 0 Å². The summed E-state index contributed by atoms with van der Waals surface area (Å²) >= 11 is 0. The number of anilines is 1. The zero-order chi connectivity index (χ0) is 10.9. The third kappa shape index (κ3) is 1.58. The lowest BCUT2D eigenvalue weighted by Crippen LogP contribution is -2.16. The van der Waals surface area contributed by atoms with E-state index in [1.165, 1.54) is 16.9 Å². The van der Waals surface area contributed by atoms with E-state index >= 15 is 0 Å². The van der Waals surface area contributed by atoms with Gasteiger partial charge >= 0.3 is 0 Å². The van der Waals surface area contributed by atoms with E-state index in [4.69, 9.17) is 0 Å². The van der Waals surface area contributed by atoms with Crippen molar-refractivity contribution in [2.24, 2.45) is 0 Å². The van der Waals surface area contributed by atoms with Crippen LogP contribution in [0.5, 0.6) is 0 Å². The number of allylic oxidation sites excluding steroid dienone is 4. The molecular formula is C14H17N. The van der Waals surface area contributed by atoms with Gasteiger partial charge in [-0.15, -0.1) is 0 Å². The second-order valence-corrected chi connectivity index (χ2v) is 4.40. The fourth-order valence-corrected chi connectivity index (χ4v) is 2.03. The first kappa shape index (κ1) is 10.0. The number of fused-ring (bicyclic) bond motifs is 1. The molecule has 0 aliphatic carbocycles. The molecule has 0 saturated heterocycles. The highest BCUT2D eigenvalue weighted by atomic mass is 14.9. The van der Waals surface area contributed by atoms with Crippen LogP contribution in [0.4, 0.5) is 5.69 Å². The van der Waals surface area contributed by atoms with E-state index in [1.54, 1.807) is 0 Å². The highest BCUT2D eigenvalue weighted by Crippen LogP contribution is 2.42. The van der Waals surface area contributed by atoms with Gasteiger partial charge < -0.3 is 5.32 Å². The average molecular weight is 199 g/mol. The molecule has 0 amide bonds. The van der Waals surface area contributed by atoms with Gasteiger partial charge in [-0.3, -0.25) is 0 Å². The van der Waals surface area contributed by atoms with Crippen LogP contribution < -0.4 is 5.32 Å². The first-order valence-electron chi connectivity index (χ1n) is 5.36. The van der Waals surface area contributed by atoms with E-state index in [0.717, 1.165) is 0 Å². The Labute approximate surface area is 91.5 Å². The standard InChI is InChI=1S/C14H17N/c1-4-5-10-13-14(2,3)11-8-6-7-9-12(11)15-13/h4-10,15H,1-3H3/b5-4+,13-10+. The minimum atomic E-state index is 0.0934. The predicted molar refractivity (Wildman–Crippen MR) is 66.0 cm³/mol. The van der Waals surface area contributed by atoms with E-state index < -0.39 is 0 Å². The Hall–Kier alpha value is -1.50. The Bertz CT molecular complexity index is 425. The van der Waals surface area contributed by atoms with Gasteiger partial charge in [0.2, 0.25) is 0 Å². The minimum Gasteiger partial charge on any atom is -0.358 e. The smallest absolute Gasteiger partial charge is 0.0424 e. The fourth-order valence-electron chi connectivity index (χ4n) is 2.03. The molecule has 1 aromatic carbocycles. The lowest BCUT2D eigenvalue weighted by atomic mass is 9.84. The van der Waals surface area contributed by atoms with Crippen LogP contribution in [0, 0.1) is 0 Å². The fraction of sp³-hybridized carbons (Fsp3) is 0.286. The number of hydrogen-bond donors (Lipinski definition) is 1. The summed E-state index contributed by atoms with van der Waals surface area (Å²) in [5.74, 6) is 0. The van der Waals surface area contributed by atoms with E-state index in [0.29, 0.717) is 0 Å². The summed E-state index contributed by atoms with van der Waals surface area (Å²) < 4.78 is 0. The van der Waals surface area contributed by atoms with E-state index in [2.05, 4.69) is 55.6 Å². The molecule has 0 aromatic heterocycles. The Balaban J connectivity index is 2.47. The average Bonchev–Trinajstić information content (AvgIpc) is 2.48. The normalized spacial score (nSPS) is 20.6. The Kier molecular flexibility index (Phi) is 2.39. The number of rotatable bonds is 1. The van der Waals surface area contributed by atoms with Crippen LogP contribution >= 0.6 is 0 Å². The van der Waals surface area contributed by atoms with Crippen molar-refractivity contribution >= 4 is 5.69 Å². The highest BCUT2D eigenvalue weighted by molar-refractivity contribution is 5.67. The zero-order valence-corrected chi connectivity index (χ0v) is 9.54. The van der Waals surface area contributed by atoms with Gasteiger partial charge in [-0.05, 0) is 24.6 Å². The van der Waals surface area contributed by atoms with Crippen molar-refractivity contribution in [3.8, 4) is 0 Å². The van der Waals surface area contributed by atoms with Crippen LogP contribution in [0.15, 0.2) is 48.2 Å². The molecule has 15 heavy (non-hydrogen) atoms. The van der Waals surface area contributed by atoms with Gasteiger partial charge in [0.15, 0.2) is 0 Å². The molecule has 0 saturated carbocycles. The Morgan fingerprint density at radius 1 is 1.20 bits per heavy atom. The topological polar surface area (TPSA) is 12.0 Å². The lowest BCUT2D eigenvalue weighted by Gasteiger charge is -2.19. The van der Waals surface area contributed by atoms with Gasteiger partial charge in [0.25, 0.3) is 0 Å². The van der Waals surface area contributed by atoms with E-state index in [9.17, 15) is 0 Å². The molecule has 0 unspecified atom stereocenters. The molecule has 1 aliphatic heterocycles. The van der Waals surface area contributed by atoms with Gasteiger partial charge in [0.05, 0.1) is 0 Å². The molecule has 1 heteroatoms.